The van der Waals surface area contributed by atoms with Crippen molar-refractivity contribution in [3.63, 3.8) is 0 Å². The third-order valence-electron chi connectivity index (χ3n) is 6.57. The minimum Gasteiger partial charge on any atom is -0.327 e. The molecule has 0 aliphatic heterocycles. The molecule has 0 amide bonds. The Bertz CT molecular complexity index is 267. The van der Waals surface area contributed by atoms with Gasteiger partial charge in [-0.25, -0.2) is 0 Å². The van der Waals surface area contributed by atoms with Crippen LogP contribution in [0, 0.1) is 23.7 Å². The van der Waals surface area contributed by atoms with E-state index in [0.29, 0.717) is 6.04 Å². The first-order valence-corrected chi connectivity index (χ1v) is 9.10. The number of hydrogen-bond donors (Lipinski definition) is 1. The molecule has 1 nitrogen and oxygen atoms in total. The lowest BCUT2D eigenvalue weighted by Gasteiger charge is -2.42. The van der Waals surface area contributed by atoms with Gasteiger partial charge in [-0.15, -0.1) is 0 Å². The molecule has 1 heteroatoms. The molecule has 0 radical (unpaired) electrons. The molecule has 0 saturated heterocycles. The molecule has 3 aliphatic carbocycles. The quantitative estimate of drug-likeness (QED) is 0.705. The van der Waals surface area contributed by atoms with E-state index in [9.17, 15) is 0 Å². The van der Waals surface area contributed by atoms with E-state index in [-0.39, 0.29) is 0 Å². The van der Waals surface area contributed by atoms with E-state index in [0.717, 1.165) is 23.7 Å². The monoisotopic (exact) mass is 263 g/mol. The predicted molar refractivity (Wildman–Crippen MR) is 82.0 cm³/mol. The summed E-state index contributed by atoms with van der Waals surface area (Å²) < 4.78 is 0. The molecule has 0 spiro atoms. The van der Waals surface area contributed by atoms with Crippen LogP contribution in [0.3, 0.4) is 0 Å². The van der Waals surface area contributed by atoms with Gasteiger partial charge in [0.1, 0.15) is 0 Å². The molecule has 0 bridgehead atoms. The zero-order valence-corrected chi connectivity index (χ0v) is 12.7. The Balaban J connectivity index is 1.55. The summed E-state index contributed by atoms with van der Waals surface area (Å²) in [6.45, 7) is 0. The molecule has 0 aromatic carbocycles. The van der Waals surface area contributed by atoms with Crippen molar-refractivity contribution in [1.29, 1.82) is 0 Å². The maximum absolute atomic E-state index is 6.71. The second kappa shape index (κ2) is 6.61. The topological polar surface area (TPSA) is 26.0 Å². The van der Waals surface area contributed by atoms with Crippen molar-refractivity contribution in [2.75, 3.05) is 0 Å². The van der Waals surface area contributed by atoms with Crippen molar-refractivity contribution >= 4 is 0 Å². The summed E-state index contributed by atoms with van der Waals surface area (Å²) in [5, 5.41) is 0. The number of hydrogen-bond acceptors (Lipinski definition) is 1. The maximum atomic E-state index is 6.71. The van der Waals surface area contributed by atoms with Crippen LogP contribution in [0.4, 0.5) is 0 Å². The fourth-order valence-corrected chi connectivity index (χ4v) is 5.34. The molecule has 4 unspecified atom stereocenters. The van der Waals surface area contributed by atoms with Crippen LogP contribution in [0.5, 0.6) is 0 Å². The molecule has 3 fully saturated rings. The van der Waals surface area contributed by atoms with E-state index >= 15 is 0 Å². The van der Waals surface area contributed by atoms with Crippen molar-refractivity contribution in [2.45, 2.75) is 89.5 Å². The van der Waals surface area contributed by atoms with Crippen molar-refractivity contribution in [3.8, 4) is 0 Å². The second-order valence-corrected chi connectivity index (χ2v) is 7.71. The summed E-state index contributed by atoms with van der Waals surface area (Å²) in [4.78, 5) is 0. The van der Waals surface area contributed by atoms with Gasteiger partial charge in [-0.2, -0.15) is 0 Å². The Morgan fingerprint density at radius 1 is 0.579 bits per heavy atom. The Kier molecular flexibility index (Phi) is 4.84. The van der Waals surface area contributed by atoms with Crippen LogP contribution >= 0.6 is 0 Å². The second-order valence-electron chi connectivity index (χ2n) is 7.71. The molecular weight excluding hydrogens is 230 g/mol. The molecule has 3 saturated carbocycles. The van der Waals surface area contributed by atoms with Gasteiger partial charge < -0.3 is 5.73 Å². The maximum Gasteiger partial charge on any atom is 0.00957 e. The Morgan fingerprint density at radius 2 is 1.21 bits per heavy atom. The number of rotatable bonds is 2. The van der Waals surface area contributed by atoms with Gasteiger partial charge in [0.25, 0.3) is 0 Å². The van der Waals surface area contributed by atoms with Gasteiger partial charge >= 0.3 is 0 Å². The molecule has 3 aliphatic rings. The molecule has 0 aromatic rings. The average Bonchev–Trinajstić information content (AvgIpc) is 2.75. The van der Waals surface area contributed by atoms with Gasteiger partial charge in [-0.05, 0) is 55.8 Å². The van der Waals surface area contributed by atoms with Crippen molar-refractivity contribution in [1.82, 2.24) is 0 Å². The van der Waals surface area contributed by atoms with Gasteiger partial charge in [0, 0.05) is 6.04 Å². The fourth-order valence-electron chi connectivity index (χ4n) is 5.34. The standard InChI is InChI=1S/C18H33N/c19-18(15-8-3-1-2-4-9-15)17-12-11-14-7-5-6-10-16(14)13-17/h14-18H,1-13,19H2. The fraction of sp³-hybridized carbons (Fsp3) is 1.00. The van der Waals surface area contributed by atoms with Crippen LogP contribution in [0.25, 0.3) is 0 Å². The minimum absolute atomic E-state index is 0.529. The highest BCUT2D eigenvalue weighted by Gasteiger charge is 2.36. The molecule has 19 heavy (non-hydrogen) atoms. The first kappa shape index (κ1) is 13.9. The van der Waals surface area contributed by atoms with Crippen molar-refractivity contribution < 1.29 is 0 Å². The lowest BCUT2D eigenvalue weighted by Crippen LogP contribution is -2.42. The van der Waals surface area contributed by atoms with E-state index in [2.05, 4.69) is 0 Å². The van der Waals surface area contributed by atoms with Crippen LogP contribution < -0.4 is 5.73 Å². The zero-order valence-electron chi connectivity index (χ0n) is 12.7. The third kappa shape index (κ3) is 3.35. The smallest absolute Gasteiger partial charge is 0.00957 e. The minimum atomic E-state index is 0.529. The van der Waals surface area contributed by atoms with E-state index in [1.807, 2.05) is 0 Å². The normalized spacial score (nSPS) is 39.3. The van der Waals surface area contributed by atoms with Crippen LogP contribution in [-0.2, 0) is 0 Å². The summed E-state index contributed by atoms with van der Waals surface area (Å²) in [5.41, 5.74) is 6.71. The summed E-state index contributed by atoms with van der Waals surface area (Å²) in [7, 11) is 0. The van der Waals surface area contributed by atoms with E-state index in [1.165, 1.54) is 83.5 Å². The highest BCUT2D eigenvalue weighted by atomic mass is 14.7. The van der Waals surface area contributed by atoms with E-state index in [1.54, 1.807) is 0 Å². The number of nitrogens with two attached hydrogens (primary N) is 1. The summed E-state index contributed by atoms with van der Waals surface area (Å²) in [5.74, 6) is 3.84. The number of fused-ring (bicyclic) bond motifs is 1. The summed E-state index contributed by atoms with van der Waals surface area (Å²) in [6.07, 6.45) is 19.1. The lowest BCUT2D eigenvalue weighted by molar-refractivity contribution is 0.101. The molecule has 2 N–H and O–H groups in total. The average molecular weight is 263 g/mol. The Labute approximate surface area is 119 Å². The van der Waals surface area contributed by atoms with Gasteiger partial charge in [0.2, 0.25) is 0 Å². The zero-order chi connectivity index (χ0) is 13.1. The van der Waals surface area contributed by atoms with Crippen LogP contribution in [0.1, 0.15) is 83.5 Å². The van der Waals surface area contributed by atoms with Crippen LogP contribution in [-0.4, -0.2) is 6.04 Å². The van der Waals surface area contributed by atoms with Gasteiger partial charge in [0.05, 0.1) is 0 Å². The summed E-state index contributed by atoms with van der Waals surface area (Å²) >= 11 is 0. The van der Waals surface area contributed by atoms with Crippen LogP contribution in [0.15, 0.2) is 0 Å². The predicted octanol–water partition coefficient (Wildman–Crippen LogP) is 4.89. The Hall–Kier alpha value is -0.0400. The van der Waals surface area contributed by atoms with Gasteiger partial charge in [0.15, 0.2) is 0 Å². The molecule has 3 rings (SSSR count). The third-order valence-corrected chi connectivity index (χ3v) is 6.57. The highest BCUT2D eigenvalue weighted by molar-refractivity contribution is 4.89. The first-order valence-electron chi connectivity index (χ1n) is 9.10. The first-order chi connectivity index (χ1) is 9.34. The van der Waals surface area contributed by atoms with Crippen molar-refractivity contribution in [3.05, 3.63) is 0 Å². The molecule has 0 heterocycles. The summed E-state index contributed by atoms with van der Waals surface area (Å²) in [6, 6.07) is 0.529. The van der Waals surface area contributed by atoms with E-state index < -0.39 is 0 Å². The Morgan fingerprint density at radius 3 is 1.95 bits per heavy atom. The molecule has 0 aromatic heterocycles. The van der Waals surface area contributed by atoms with Gasteiger partial charge in [-0.1, -0.05) is 51.4 Å². The molecule has 110 valence electrons. The highest BCUT2D eigenvalue weighted by Crippen LogP contribution is 2.44. The molecular formula is C18H33N. The van der Waals surface area contributed by atoms with E-state index in [4.69, 9.17) is 5.73 Å². The SMILES string of the molecule is NC(C1CCCCCC1)C1CCC2CCCCC2C1. The largest absolute Gasteiger partial charge is 0.327 e. The lowest BCUT2D eigenvalue weighted by atomic mass is 9.64. The molecule has 4 atom stereocenters. The van der Waals surface area contributed by atoms with Gasteiger partial charge in [-0.3, -0.25) is 0 Å². The van der Waals surface area contributed by atoms with Crippen molar-refractivity contribution in [2.24, 2.45) is 29.4 Å². The van der Waals surface area contributed by atoms with Crippen LogP contribution in [0.2, 0.25) is 0 Å².